The van der Waals surface area contributed by atoms with Crippen LogP contribution in [0.2, 0.25) is 0 Å². The topological polar surface area (TPSA) is 36.4 Å². The Morgan fingerprint density at radius 3 is 2.71 bits per heavy atom. The highest BCUT2D eigenvalue weighted by atomic mass is 32.1. The zero-order valence-corrected chi connectivity index (χ0v) is 13.2. The van der Waals surface area contributed by atoms with Gasteiger partial charge in [-0.25, -0.2) is 4.98 Å². The van der Waals surface area contributed by atoms with Crippen LogP contribution >= 0.6 is 11.3 Å². The summed E-state index contributed by atoms with van der Waals surface area (Å²) in [6.45, 7) is 5.53. The zero-order chi connectivity index (χ0) is 14.7. The molecule has 0 atom stereocenters. The van der Waals surface area contributed by atoms with Gasteiger partial charge in [-0.1, -0.05) is 36.8 Å². The molecular weight excluding hydrogens is 282 g/mol. The molecule has 4 nitrogen and oxygen atoms in total. The second-order valence-corrected chi connectivity index (χ2v) is 6.44. The fraction of sp³-hybridized carbons (Fsp3) is 0.500. The van der Waals surface area contributed by atoms with Crippen molar-refractivity contribution in [2.75, 3.05) is 31.1 Å². The van der Waals surface area contributed by atoms with Crippen molar-refractivity contribution in [2.24, 2.45) is 0 Å². The Bertz CT molecular complexity index is 584. The van der Waals surface area contributed by atoms with Crippen molar-refractivity contribution in [1.82, 2.24) is 9.88 Å². The van der Waals surface area contributed by atoms with Crippen molar-refractivity contribution in [3.05, 3.63) is 24.3 Å². The quantitative estimate of drug-likeness (QED) is 0.870. The van der Waals surface area contributed by atoms with Crippen molar-refractivity contribution < 1.29 is 4.79 Å². The molecule has 0 bridgehead atoms. The number of para-hydroxylation sites is 1. The SMILES string of the molecule is CCCCC(=O)N1CCN(c2nc3ccccc3s2)CC1. The molecule has 2 heterocycles. The molecule has 1 aromatic carbocycles. The van der Waals surface area contributed by atoms with Crippen LogP contribution in [0.4, 0.5) is 5.13 Å². The number of fused-ring (bicyclic) bond motifs is 1. The standard InChI is InChI=1S/C16H21N3OS/c1-2-3-8-15(20)18-9-11-19(12-10-18)16-17-13-6-4-5-7-14(13)21-16/h4-7H,2-3,8-12H2,1H3. The Morgan fingerprint density at radius 2 is 2.00 bits per heavy atom. The van der Waals surface area contributed by atoms with Crippen LogP contribution in [-0.4, -0.2) is 42.0 Å². The van der Waals surface area contributed by atoms with Crippen molar-refractivity contribution >= 4 is 32.6 Å². The molecule has 1 aliphatic rings. The van der Waals surface area contributed by atoms with Crippen LogP contribution in [-0.2, 0) is 4.79 Å². The number of carbonyl (C=O) groups is 1. The molecule has 0 aliphatic carbocycles. The Kier molecular flexibility index (Phi) is 4.39. The van der Waals surface area contributed by atoms with E-state index >= 15 is 0 Å². The van der Waals surface area contributed by atoms with E-state index in [1.165, 1.54) is 4.70 Å². The molecule has 0 N–H and O–H groups in total. The summed E-state index contributed by atoms with van der Waals surface area (Å²) in [5, 5.41) is 1.08. The third kappa shape index (κ3) is 3.18. The van der Waals surface area contributed by atoms with Crippen molar-refractivity contribution in [3.63, 3.8) is 0 Å². The van der Waals surface area contributed by atoms with Crippen LogP contribution in [0, 0.1) is 0 Å². The number of hydrogen-bond donors (Lipinski definition) is 0. The van der Waals surface area contributed by atoms with E-state index in [1.54, 1.807) is 11.3 Å². The molecule has 3 rings (SSSR count). The largest absolute Gasteiger partial charge is 0.345 e. The highest BCUT2D eigenvalue weighted by molar-refractivity contribution is 7.22. The molecule has 2 aromatic rings. The maximum atomic E-state index is 12.0. The Labute approximate surface area is 129 Å². The zero-order valence-electron chi connectivity index (χ0n) is 12.4. The van der Waals surface area contributed by atoms with E-state index in [4.69, 9.17) is 4.98 Å². The number of thiazole rings is 1. The molecule has 1 saturated heterocycles. The number of hydrogen-bond acceptors (Lipinski definition) is 4. The summed E-state index contributed by atoms with van der Waals surface area (Å²) in [5.74, 6) is 0.306. The van der Waals surface area contributed by atoms with Gasteiger partial charge >= 0.3 is 0 Å². The summed E-state index contributed by atoms with van der Waals surface area (Å²) in [4.78, 5) is 21.0. The molecule has 1 aliphatic heterocycles. The van der Waals surface area contributed by atoms with Crippen LogP contribution in [0.5, 0.6) is 0 Å². The summed E-state index contributed by atoms with van der Waals surface area (Å²) in [6.07, 6.45) is 2.77. The number of piperazine rings is 1. The normalized spacial score (nSPS) is 15.7. The number of carbonyl (C=O) groups excluding carboxylic acids is 1. The van der Waals surface area contributed by atoms with E-state index in [-0.39, 0.29) is 0 Å². The lowest BCUT2D eigenvalue weighted by atomic mass is 10.2. The van der Waals surface area contributed by atoms with Gasteiger partial charge in [0.15, 0.2) is 5.13 Å². The lowest BCUT2D eigenvalue weighted by Crippen LogP contribution is -2.48. The van der Waals surface area contributed by atoms with Gasteiger partial charge in [0.25, 0.3) is 0 Å². The number of aromatic nitrogens is 1. The van der Waals surface area contributed by atoms with Crippen LogP contribution < -0.4 is 4.90 Å². The Balaban J connectivity index is 1.61. The summed E-state index contributed by atoms with van der Waals surface area (Å²) >= 11 is 1.74. The Morgan fingerprint density at radius 1 is 1.24 bits per heavy atom. The van der Waals surface area contributed by atoms with E-state index < -0.39 is 0 Å². The van der Waals surface area contributed by atoms with Gasteiger partial charge < -0.3 is 9.80 Å². The van der Waals surface area contributed by atoms with Crippen molar-refractivity contribution in [3.8, 4) is 0 Å². The average Bonchev–Trinajstić information content (AvgIpc) is 2.96. The highest BCUT2D eigenvalue weighted by Gasteiger charge is 2.22. The second kappa shape index (κ2) is 6.43. The minimum absolute atomic E-state index is 0.306. The van der Waals surface area contributed by atoms with E-state index in [0.717, 1.165) is 49.7 Å². The second-order valence-electron chi connectivity index (χ2n) is 5.44. The lowest BCUT2D eigenvalue weighted by Gasteiger charge is -2.34. The minimum atomic E-state index is 0.306. The molecule has 0 saturated carbocycles. The predicted molar refractivity (Wildman–Crippen MR) is 87.9 cm³/mol. The smallest absolute Gasteiger partial charge is 0.222 e. The molecular formula is C16H21N3OS. The molecule has 21 heavy (non-hydrogen) atoms. The van der Waals surface area contributed by atoms with Crippen LogP contribution in [0.1, 0.15) is 26.2 Å². The molecule has 5 heteroatoms. The van der Waals surface area contributed by atoms with Gasteiger partial charge in [0.2, 0.25) is 5.91 Å². The van der Waals surface area contributed by atoms with Gasteiger partial charge in [0.1, 0.15) is 0 Å². The lowest BCUT2D eigenvalue weighted by molar-refractivity contribution is -0.131. The first kappa shape index (κ1) is 14.3. The fourth-order valence-corrected chi connectivity index (χ4v) is 3.65. The monoisotopic (exact) mass is 303 g/mol. The van der Waals surface area contributed by atoms with Gasteiger partial charge in [-0.15, -0.1) is 0 Å². The highest BCUT2D eigenvalue weighted by Crippen LogP contribution is 2.29. The fourth-order valence-electron chi connectivity index (χ4n) is 2.63. The third-order valence-electron chi connectivity index (χ3n) is 3.93. The number of nitrogens with zero attached hydrogens (tertiary/aromatic N) is 3. The minimum Gasteiger partial charge on any atom is -0.345 e. The maximum absolute atomic E-state index is 12.0. The molecule has 0 radical (unpaired) electrons. The van der Waals surface area contributed by atoms with Crippen molar-refractivity contribution in [2.45, 2.75) is 26.2 Å². The summed E-state index contributed by atoms with van der Waals surface area (Å²) in [7, 11) is 0. The van der Waals surface area contributed by atoms with Crippen molar-refractivity contribution in [1.29, 1.82) is 0 Å². The Hall–Kier alpha value is -1.62. The van der Waals surface area contributed by atoms with Crippen LogP contribution in [0.25, 0.3) is 10.2 Å². The third-order valence-corrected chi connectivity index (χ3v) is 5.03. The first-order chi connectivity index (χ1) is 10.3. The first-order valence-corrected chi connectivity index (χ1v) is 8.48. The van der Waals surface area contributed by atoms with E-state index in [2.05, 4.69) is 30.0 Å². The van der Waals surface area contributed by atoms with Crippen LogP contribution in [0.3, 0.4) is 0 Å². The van der Waals surface area contributed by atoms with E-state index in [0.29, 0.717) is 12.3 Å². The van der Waals surface area contributed by atoms with Gasteiger partial charge in [0, 0.05) is 32.6 Å². The van der Waals surface area contributed by atoms with Gasteiger partial charge in [-0.3, -0.25) is 4.79 Å². The number of amides is 1. The molecule has 0 spiro atoms. The molecule has 0 unspecified atom stereocenters. The summed E-state index contributed by atoms with van der Waals surface area (Å²) in [6, 6.07) is 8.24. The first-order valence-electron chi connectivity index (χ1n) is 7.66. The average molecular weight is 303 g/mol. The molecule has 1 aromatic heterocycles. The summed E-state index contributed by atoms with van der Waals surface area (Å²) < 4.78 is 1.23. The molecule has 1 amide bonds. The van der Waals surface area contributed by atoms with Gasteiger partial charge in [-0.2, -0.15) is 0 Å². The van der Waals surface area contributed by atoms with Crippen LogP contribution in [0.15, 0.2) is 24.3 Å². The number of rotatable bonds is 4. The number of benzene rings is 1. The van der Waals surface area contributed by atoms with Gasteiger partial charge in [-0.05, 0) is 18.6 Å². The molecule has 1 fully saturated rings. The number of anilines is 1. The molecule has 112 valence electrons. The predicted octanol–water partition coefficient (Wildman–Crippen LogP) is 3.14. The van der Waals surface area contributed by atoms with Gasteiger partial charge in [0.05, 0.1) is 10.2 Å². The maximum Gasteiger partial charge on any atom is 0.222 e. The van der Waals surface area contributed by atoms with E-state index in [9.17, 15) is 4.79 Å². The van der Waals surface area contributed by atoms with E-state index in [1.807, 2.05) is 11.0 Å². The summed E-state index contributed by atoms with van der Waals surface area (Å²) in [5.41, 5.74) is 1.07. The number of unbranched alkanes of at least 4 members (excludes halogenated alkanes) is 1.